The Morgan fingerprint density at radius 2 is 1.70 bits per heavy atom. The zero-order valence-corrected chi connectivity index (χ0v) is 13.3. The lowest BCUT2D eigenvalue weighted by molar-refractivity contribution is -0.137. The molecule has 124 valence electrons. The van der Waals surface area contributed by atoms with Crippen LogP contribution < -0.4 is 9.46 Å². The molecule has 0 fully saturated rings. The molecule has 0 saturated heterocycles. The van der Waals surface area contributed by atoms with Crippen LogP contribution >= 0.6 is 11.6 Å². The summed E-state index contributed by atoms with van der Waals surface area (Å²) in [6, 6.07) is 7.64. The Bertz CT molecular complexity index is 805. The molecule has 2 aromatic carbocycles. The number of hydrogen-bond donors (Lipinski definition) is 1. The molecule has 0 aliphatic heterocycles. The molecule has 0 aliphatic carbocycles. The van der Waals surface area contributed by atoms with Gasteiger partial charge >= 0.3 is 6.18 Å². The van der Waals surface area contributed by atoms with Crippen molar-refractivity contribution in [1.82, 2.24) is 0 Å². The topological polar surface area (TPSA) is 55.4 Å². The summed E-state index contributed by atoms with van der Waals surface area (Å²) >= 11 is 5.78. The molecule has 4 nitrogen and oxygen atoms in total. The number of ether oxygens (including phenoxy) is 1. The highest BCUT2D eigenvalue weighted by molar-refractivity contribution is 7.92. The first-order valence-electron chi connectivity index (χ1n) is 6.17. The number of anilines is 1. The Labute approximate surface area is 135 Å². The molecule has 0 bridgehead atoms. The van der Waals surface area contributed by atoms with Crippen LogP contribution in [0.1, 0.15) is 5.56 Å². The quantitative estimate of drug-likeness (QED) is 0.884. The van der Waals surface area contributed by atoms with Gasteiger partial charge < -0.3 is 4.74 Å². The van der Waals surface area contributed by atoms with E-state index in [9.17, 15) is 21.6 Å². The Balaban J connectivity index is 2.34. The third-order valence-electron chi connectivity index (χ3n) is 2.88. The minimum atomic E-state index is -4.49. The van der Waals surface area contributed by atoms with Gasteiger partial charge in [-0.05, 0) is 42.5 Å². The van der Waals surface area contributed by atoms with Crippen LogP contribution in [0, 0.1) is 0 Å². The number of alkyl halides is 3. The van der Waals surface area contributed by atoms with Crippen LogP contribution in [-0.2, 0) is 16.2 Å². The number of halogens is 4. The minimum Gasteiger partial charge on any atom is -0.495 e. The maximum Gasteiger partial charge on any atom is 0.416 e. The minimum absolute atomic E-state index is 0.0139. The number of methoxy groups -OCH3 is 1. The van der Waals surface area contributed by atoms with E-state index in [1.807, 2.05) is 0 Å². The summed E-state index contributed by atoms with van der Waals surface area (Å²) < 4.78 is 69.3. The highest BCUT2D eigenvalue weighted by Crippen LogP contribution is 2.31. The summed E-state index contributed by atoms with van der Waals surface area (Å²) in [6.45, 7) is 0. The fourth-order valence-corrected chi connectivity index (χ4v) is 3.29. The zero-order valence-electron chi connectivity index (χ0n) is 11.7. The van der Waals surface area contributed by atoms with E-state index in [1.165, 1.54) is 25.3 Å². The maximum atomic E-state index is 12.5. The third kappa shape index (κ3) is 4.08. The van der Waals surface area contributed by atoms with Crippen molar-refractivity contribution in [3.8, 4) is 5.75 Å². The van der Waals surface area contributed by atoms with E-state index in [4.69, 9.17) is 16.3 Å². The zero-order chi connectivity index (χ0) is 17.3. The molecule has 0 aromatic heterocycles. The molecule has 2 rings (SSSR count). The standard InChI is InChI=1S/C14H11ClF3NO3S/c1-22-12-7-4-10(15)8-13(12)23(20,21)19-11-5-2-9(3-6-11)14(16,17)18/h2-8,19H,1H3. The summed E-state index contributed by atoms with van der Waals surface area (Å²) in [4.78, 5) is -0.215. The Kier molecular flexibility index (Phi) is 4.76. The van der Waals surface area contributed by atoms with Gasteiger partial charge in [0, 0.05) is 10.7 Å². The van der Waals surface area contributed by atoms with Gasteiger partial charge in [-0.3, -0.25) is 4.72 Å². The van der Waals surface area contributed by atoms with Crippen LogP contribution in [0.4, 0.5) is 18.9 Å². The van der Waals surface area contributed by atoms with E-state index in [2.05, 4.69) is 4.72 Å². The van der Waals surface area contributed by atoms with Crippen LogP contribution in [0.5, 0.6) is 5.75 Å². The summed E-state index contributed by atoms with van der Waals surface area (Å²) in [5.41, 5.74) is -0.888. The van der Waals surface area contributed by atoms with E-state index in [0.29, 0.717) is 0 Å². The summed E-state index contributed by atoms with van der Waals surface area (Å²) in [7, 11) is -2.78. The van der Waals surface area contributed by atoms with Gasteiger partial charge in [0.05, 0.1) is 12.7 Å². The average molecular weight is 366 g/mol. The van der Waals surface area contributed by atoms with Gasteiger partial charge in [0.25, 0.3) is 10.0 Å². The average Bonchev–Trinajstić information content (AvgIpc) is 2.46. The second-order valence-corrected chi connectivity index (χ2v) is 6.56. The first kappa shape index (κ1) is 17.4. The van der Waals surface area contributed by atoms with E-state index >= 15 is 0 Å². The van der Waals surface area contributed by atoms with Gasteiger partial charge in [0.15, 0.2) is 0 Å². The molecule has 0 atom stereocenters. The fraction of sp³-hybridized carbons (Fsp3) is 0.143. The Morgan fingerprint density at radius 3 is 2.22 bits per heavy atom. The lowest BCUT2D eigenvalue weighted by atomic mass is 10.2. The SMILES string of the molecule is COc1ccc(Cl)cc1S(=O)(=O)Nc1ccc(C(F)(F)F)cc1. The lowest BCUT2D eigenvalue weighted by Crippen LogP contribution is -2.14. The Morgan fingerprint density at radius 1 is 1.09 bits per heavy atom. The maximum absolute atomic E-state index is 12.5. The third-order valence-corrected chi connectivity index (χ3v) is 4.52. The van der Waals surface area contributed by atoms with Crippen LogP contribution in [0.15, 0.2) is 47.4 Å². The highest BCUT2D eigenvalue weighted by atomic mass is 35.5. The molecule has 9 heteroatoms. The summed E-state index contributed by atoms with van der Waals surface area (Å²) in [6.07, 6.45) is -4.49. The molecule has 23 heavy (non-hydrogen) atoms. The number of benzene rings is 2. The first-order valence-corrected chi connectivity index (χ1v) is 8.03. The lowest BCUT2D eigenvalue weighted by Gasteiger charge is -2.13. The van der Waals surface area contributed by atoms with Crippen LogP contribution in [-0.4, -0.2) is 15.5 Å². The van der Waals surface area contributed by atoms with Gasteiger partial charge in [0.2, 0.25) is 0 Å². The number of sulfonamides is 1. The van der Waals surface area contributed by atoms with Crippen molar-refractivity contribution in [3.63, 3.8) is 0 Å². The van der Waals surface area contributed by atoms with Gasteiger partial charge in [-0.1, -0.05) is 11.6 Å². The normalized spacial score (nSPS) is 12.0. The van der Waals surface area contributed by atoms with E-state index in [0.717, 1.165) is 24.3 Å². The van der Waals surface area contributed by atoms with Crippen LogP contribution in [0.3, 0.4) is 0 Å². The van der Waals surface area contributed by atoms with Gasteiger partial charge in [-0.25, -0.2) is 8.42 Å². The van der Waals surface area contributed by atoms with E-state index < -0.39 is 21.8 Å². The Hall–Kier alpha value is -1.93. The van der Waals surface area contributed by atoms with E-state index in [-0.39, 0.29) is 21.4 Å². The molecular weight excluding hydrogens is 355 g/mol. The monoisotopic (exact) mass is 365 g/mol. The molecule has 2 aromatic rings. The predicted octanol–water partition coefficient (Wildman–Crippen LogP) is 4.17. The van der Waals surface area contributed by atoms with Crippen molar-refractivity contribution in [2.24, 2.45) is 0 Å². The molecule has 0 amide bonds. The molecule has 0 heterocycles. The summed E-state index contributed by atoms with van der Waals surface area (Å²) in [5, 5.41) is 0.179. The first-order chi connectivity index (χ1) is 10.6. The van der Waals surface area contributed by atoms with Gasteiger partial charge in [-0.2, -0.15) is 13.2 Å². The van der Waals surface area contributed by atoms with E-state index in [1.54, 1.807) is 0 Å². The second kappa shape index (κ2) is 6.29. The molecule has 0 spiro atoms. The van der Waals surface area contributed by atoms with Crippen LogP contribution in [0.25, 0.3) is 0 Å². The van der Waals surface area contributed by atoms with Crippen molar-refractivity contribution in [2.45, 2.75) is 11.1 Å². The number of hydrogen-bond acceptors (Lipinski definition) is 3. The second-order valence-electron chi connectivity index (χ2n) is 4.48. The van der Waals surface area contributed by atoms with Crippen molar-refractivity contribution < 1.29 is 26.3 Å². The fourth-order valence-electron chi connectivity index (χ4n) is 1.80. The van der Waals surface area contributed by atoms with Gasteiger partial charge in [0.1, 0.15) is 10.6 Å². The van der Waals surface area contributed by atoms with Crippen molar-refractivity contribution >= 4 is 27.3 Å². The number of nitrogens with one attached hydrogen (secondary N) is 1. The predicted molar refractivity (Wildman–Crippen MR) is 80.3 cm³/mol. The molecule has 0 unspecified atom stereocenters. The largest absolute Gasteiger partial charge is 0.495 e. The van der Waals surface area contributed by atoms with Gasteiger partial charge in [-0.15, -0.1) is 0 Å². The summed E-state index contributed by atoms with van der Waals surface area (Å²) in [5.74, 6) is 0.0637. The highest BCUT2D eigenvalue weighted by Gasteiger charge is 2.30. The van der Waals surface area contributed by atoms with Crippen molar-refractivity contribution in [3.05, 3.63) is 53.1 Å². The van der Waals surface area contributed by atoms with Crippen LogP contribution in [0.2, 0.25) is 5.02 Å². The number of rotatable bonds is 4. The molecule has 0 radical (unpaired) electrons. The smallest absolute Gasteiger partial charge is 0.416 e. The molecule has 0 saturated carbocycles. The molecule has 0 aliphatic rings. The molecular formula is C14H11ClF3NO3S. The van der Waals surface area contributed by atoms with Crippen molar-refractivity contribution in [1.29, 1.82) is 0 Å². The molecule has 1 N–H and O–H groups in total. The van der Waals surface area contributed by atoms with Crippen molar-refractivity contribution in [2.75, 3.05) is 11.8 Å².